The Morgan fingerprint density at radius 3 is 2.74 bits per heavy atom. The number of rotatable bonds is 6. The number of carbonyl (C=O) groups is 2. The van der Waals surface area contributed by atoms with Crippen molar-refractivity contribution in [2.45, 2.75) is 26.3 Å². The van der Waals surface area contributed by atoms with Crippen molar-refractivity contribution in [1.29, 1.82) is 0 Å². The number of aromatic nitrogens is 1. The van der Waals surface area contributed by atoms with Gasteiger partial charge < -0.3 is 20.5 Å². The second-order valence-electron chi connectivity index (χ2n) is 3.92. The summed E-state index contributed by atoms with van der Waals surface area (Å²) in [5, 5.41) is 13.6. The van der Waals surface area contributed by atoms with Crippen LogP contribution in [0.15, 0.2) is 18.3 Å². The number of nitrogens with one attached hydrogen (secondary N) is 2. The highest BCUT2D eigenvalue weighted by Gasteiger charge is 2.10. The van der Waals surface area contributed by atoms with Crippen LogP contribution in [0.3, 0.4) is 0 Å². The molecule has 1 aromatic rings. The molecular formula is C12H17N3O4. The first-order chi connectivity index (χ1) is 9.01. The van der Waals surface area contributed by atoms with E-state index >= 15 is 0 Å². The Labute approximate surface area is 111 Å². The van der Waals surface area contributed by atoms with Crippen LogP contribution in [0, 0.1) is 0 Å². The molecule has 0 aliphatic rings. The first-order valence-corrected chi connectivity index (χ1v) is 5.89. The number of urea groups is 1. The number of carboxylic acid groups (broad SMARTS) is 1. The van der Waals surface area contributed by atoms with Crippen molar-refractivity contribution in [3.8, 4) is 5.88 Å². The van der Waals surface area contributed by atoms with Crippen LogP contribution in [-0.4, -0.2) is 34.7 Å². The van der Waals surface area contributed by atoms with Crippen molar-refractivity contribution < 1.29 is 19.4 Å². The summed E-state index contributed by atoms with van der Waals surface area (Å²) in [6.07, 6.45) is 1.33. The maximum absolute atomic E-state index is 11.5. The summed E-state index contributed by atoms with van der Waals surface area (Å²) in [5.41, 5.74) is 0.503. The Bertz CT molecular complexity index is 433. The molecule has 104 valence electrons. The Kier molecular flexibility index (Phi) is 5.59. The predicted molar refractivity (Wildman–Crippen MR) is 69.3 cm³/mol. The molecule has 0 aromatic carbocycles. The minimum atomic E-state index is -0.962. The van der Waals surface area contributed by atoms with E-state index in [4.69, 9.17) is 9.84 Å². The van der Waals surface area contributed by atoms with Gasteiger partial charge in [0.15, 0.2) is 0 Å². The lowest BCUT2D eigenvalue weighted by atomic mass is 10.2. The van der Waals surface area contributed by atoms with E-state index in [0.717, 1.165) is 0 Å². The average molecular weight is 267 g/mol. The number of aliphatic carboxylic acids is 1. The second-order valence-corrected chi connectivity index (χ2v) is 3.92. The number of amides is 2. The molecule has 0 radical (unpaired) electrons. The highest BCUT2D eigenvalue weighted by atomic mass is 16.5. The van der Waals surface area contributed by atoms with Crippen LogP contribution in [0.4, 0.5) is 10.5 Å². The van der Waals surface area contributed by atoms with Crippen LogP contribution in [0.25, 0.3) is 0 Å². The van der Waals surface area contributed by atoms with E-state index in [9.17, 15) is 9.59 Å². The predicted octanol–water partition coefficient (Wildman–Crippen LogP) is 1.47. The molecule has 0 bridgehead atoms. The van der Waals surface area contributed by atoms with E-state index in [-0.39, 0.29) is 6.42 Å². The van der Waals surface area contributed by atoms with Crippen LogP contribution >= 0.6 is 0 Å². The molecule has 0 spiro atoms. The lowest BCUT2D eigenvalue weighted by Crippen LogP contribution is -2.37. The molecule has 1 heterocycles. The fraction of sp³-hybridized carbons (Fsp3) is 0.417. The molecule has 1 atom stereocenters. The van der Waals surface area contributed by atoms with Gasteiger partial charge in [0.05, 0.1) is 24.9 Å². The normalized spacial score (nSPS) is 11.5. The quantitative estimate of drug-likeness (QED) is 0.724. The number of anilines is 1. The number of hydrogen-bond donors (Lipinski definition) is 3. The van der Waals surface area contributed by atoms with Crippen LogP contribution in [-0.2, 0) is 4.79 Å². The molecule has 2 amide bonds. The average Bonchev–Trinajstić information content (AvgIpc) is 2.30. The monoisotopic (exact) mass is 267 g/mol. The van der Waals surface area contributed by atoms with Crippen molar-refractivity contribution in [1.82, 2.24) is 10.3 Å². The van der Waals surface area contributed by atoms with E-state index in [1.54, 1.807) is 19.1 Å². The molecule has 7 heteroatoms. The summed E-state index contributed by atoms with van der Waals surface area (Å²) < 4.78 is 5.17. The van der Waals surface area contributed by atoms with E-state index in [0.29, 0.717) is 18.2 Å². The molecule has 0 saturated heterocycles. The Balaban J connectivity index is 2.45. The molecule has 0 aliphatic carbocycles. The minimum absolute atomic E-state index is 0.130. The molecule has 1 unspecified atom stereocenters. The topological polar surface area (TPSA) is 101 Å². The Morgan fingerprint density at radius 2 is 2.21 bits per heavy atom. The van der Waals surface area contributed by atoms with Gasteiger partial charge in [-0.25, -0.2) is 9.78 Å². The van der Waals surface area contributed by atoms with Gasteiger partial charge in [0, 0.05) is 12.1 Å². The molecule has 0 saturated carbocycles. The van der Waals surface area contributed by atoms with Gasteiger partial charge in [-0.1, -0.05) is 0 Å². The molecule has 0 fully saturated rings. The summed E-state index contributed by atoms with van der Waals surface area (Å²) >= 11 is 0. The lowest BCUT2D eigenvalue weighted by molar-refractivity contribution is -0.137. The van der Waals surface area contributed by atoms with Crippen molar-refractivity contribution in [3.63, 3.8) is 0 Å². The number of hydrogen-bond acceptors (Lipinski definition) is 4. The highest BCUT2D eigenvalue weighted by molar-refractivity contribution is 5.89. The van der Waals surface area contributed by atoms with Crippen molar-refractivity contribution in [3.05, 3.63) is 18.3 Å². The van der Waals surface area contributed by atoms with Gasteiger partial charge in [-0.3, -0.25) is 4.79 Å². The molecule has 7 nitrogen and oxygen atoms in total. The third-order valence-corrected chi connectivity index (χ3v) is 2.14. The zero-order chi connectivity index (χ0) is 14.3. The first kappa shape index (κ1) is 14.7. The van der Waals surface area contributed by atoms with Gasteiger partial charge in [-0.15, -0.1) is 0 Å². The van der Waals surface area contributed by atoms with E-state index in [1.807, 2.05) is 6.92 Å². The molecule has 1 aromatic heterocycles. The molecular weight excluding hydrogens is 250 g/mol. The number of pyridine rings is 1. The summed E-state index contributed by atoms with van der Waals surface area (Å²) in [6.45, 7) is 3.99. The maximum atomic E-state index is 11.5. The van der Waals surface area contributed by atoms with Gasteiger partial charge in [0.25, 0.3) is 0 Å². The zero-order valence-corrected chi connectivity index (χ0v) is 10.8. The van der Waals surface area contributed by atoms with Gasteiger partial charge >= 0.3 is 12.0 Å². The van der Waals surface area contributed by atoms with Crippen LogP contribution in [0.1, 0.15) is 20.3 Å². The highest BCUT2D eigenvalue weighted by Crippen LogP contribution is 2.11. The summed E-state index contributed by atoms with van der Waals surface area (Å²) in [7, 11) is 0. The molecule has 1 rings (SSSR count). The van der Waals surface area contributed by atoms with Crippen LogP contribution in [0.2, 0.25) is 0 Å². The van der Waals surface area contributed by atoms with Crippen molar-refractivity contribution >= 4 is 17.7 Å². The van der Waals surface area contributed by atoms with Crippen LogP contribution < -0.4 is 15.4 Å². The van der Waals surface area contributed by atoms with Gasteiger partial charge in [0.1, 0.15) is 0 Å². The fourth-order valence-corrected chi connectivity index (χ4v) is 1.39. The van der Waals surface area contributed by atoms with Crippen LogP contribution in [0.5, 0.6) is 5.88 Å². The number of carboxylic acids is 1. The van der Waals surface area contributed by atoms with E-state index < -0.39 is 18.0 Å². The number of ether oxygens (including phenoxy) is 1. The number of nitrogens with zero attached hydrogens (tertiary/aromatic N) is 1. The lowest BCUT2D eigenvalue weighted by Gasteiger charge is -2.12. The Hall–Kier alpha value is -2.31. The standard InChI is InChI=1S/C12H17N3O4/c1-3-19-10-5-4-9(7-13-10)15-12(18)14-8(2)6-11(16)17/h4-5,7-8H,3,6H2,1-2H3,(H,16,17)(H2,14,15,18). The third kappa shape index (κ3) is 5.71. The van der Waals surface area contributed by atoms with E-state index in [2.05, 4.69) is 15.6 Å². The largest absolute Gasteiger partial charge is 0.481 e. The zero-order valence-electron chi connectivity index (χ0n) is 10.8. The Morgan fingerprint density at radius 1 is 1.47 bits per heavy atom. The third-order valence-electron chi connectivity index (χ3n) is 2.14. The minimum Gasteiger partial charge on any atom is -0.481 e. The SMILES string of the molecule is CCOc1ccc(NC(=O)NC(C)CC(=O)O)cn1. The molecule has 3 N–H and O–H groups in total. The number of carbonyl (C=O) groups excluding carboxylic acids is 1. The molecule has 19 heavy (non-hydrogen) atoms. The fourth-order valence-electron chi connectivity index (χ4n) is 1.39. The van der Waals surface area contributed by atoms with Gasteiger partial charge in [-0.2, -0.15) is 0 Å². The summed E-state index contributed by atoms with van der Waals surface area (Å²) in [6, 6.07) is 2.37. The molecule has 0 aliphatic heterocycles. The van der Waals surface area contributed by atoms with Gasteiger partial charge in [-0.05, 0) is 19.9 Å². The van der Waals surface area contributed by atoms with E-state index in [1.165, 1.54) is 6.20 Å². The maximum Gasteiger partial charge on any atom is 0.319 e. The van der Waals surface area contributed by atoms with Crippen molar-refractivity contribution in [2.75, 3.05) is 11.9 Å². The second kappa shape index (κ2) is 7.20. The summed E-state index contributed by atoms with van der Waals surface area (Å²) in [4.78, 5) is 26.0. The van der Waals surface area contributed by atoms with Crippen molar-refractivity contribution in [2.24, 2.45) is 0 Å². The first-order valence-electron chi connectivity index (χ1n) is 5.89. The smallest absolute Gasteiger partial charge is 0.319 e. The summed E-state index contributed by atoms with van der Waals surface area (Å²) in [5.74, 6) is -0.483. The van der Waals surface area contributed by atoms with Gasteiger partial charge in [0.2, 0.25) is 5.88 Å².